The predicted octanol–water partition coefficient (Wildman–Crippen LogP) is 5.68. The third-order valence-electron chi connectivity index (χ3n) is 6.33. The zero-order valence-corrected chi connectivity index (χ0v) is 20.1. The first kappa shape index (κ1) is 24.0. The van der Waals surface area contributed by atoms with E-state index >= 15 is 0 Å². The van der Waals surface area contributed by atoms with Crippen molar-refractivity contribution >= 4 is 29.1 Å². The number of nitrogens with zero attached hydrogens (tertiary/aromatic N) is 1. The van der Waals surface area contributed by atoms with E-state index in [9.17, 15) is 9.59 Å². The van der Waals surface area contributed by atoms with E-state index in [-0.39, 0.29) is 23.8 Å². The number of amides is 2. The van der Waals surface area contributed by atoms with Crippen LogP contribution in [0.4, 0.5) is 5.69 Å². The molecule has 0 radical (unpaired) electrons. The van der Waals surface area contributed by atoms with Gasteiger partial charge in [0.15, 0.2) is 0 Å². The molecule has 2 amide bonds. The topological polar surface area (TPSA) is 61.4 Å². The standard InChI is InChI=1S/C28H30ClN3O2/c1-20(22-9-3-2-4-10-22)30-28(34)25-12-5-6-13-26(25)31-27(33)23-14-16-32(17-15-23)19-21-8-7-11-24(29)18-21/h2-13,18,20,23H,14-17,19H2,1H3,(H,30,34)(H,31,33)/t20-/m0/s1. The van der Waals surface area contributed by atoms with Crippen LogP contribution < -0.4 is 10.6 Å². The number of halogens is 1. The van der Waals surface area contributed by atoms with Crippen LogP contribution >= 0.6 is 11.6 Å². The maximum absolute atomic E-state index is 13.0. The Morgan fingerprint density at radius 2 is 1.68 bits per heavy atom. The molecule has 1 atom stereocenters. The average molecular weight is 476 g/mol. The Labute approximate surface area is 206 Å². The fourth-order valence-corrected chi connectivity index (χ4v) is 4.58. The van der Waals surface area contributed by atoms with Crippen molar-refractivity contribution in [2.45, 2.75) is 32.4 Å². The van der Waals surface area contributed by atoms with E-state index in [4.69, 9.17) is 11.6 Å². The highest BCUT2D eigenvalue weighted by Crippen LogP contribution is 2.24. The average Bonchev–Trinajstić information content (AvgIpc) is 2.85. The lowest BCUT2D eigenvalue weighted by Gasteiger charge is -2.31. The minimum Gasteiger partial charge on any atom is -0.345 e. The zero-order valence-electron chi connectivity index (χ0n) is 19.3. The van der Waals surface area contributed by atoms with Gasteiger partial charge in [0.2, 0.25) is 5.91 Å². The molecule has 2 N–H and O–H groups in total. The van der Waals surface area contributed by atoms with Crippen LogP contribution in [0, 0.1) is 5.92 Å². The molecule has 0 unspecified atom stereocenters. The summed E-state index contributed by atoms with van der Waals surface area (Å²) in [4.78, 5) is 28.3. The number of piperidine rings is 1. The van der Waals surface area contributed by atoms with Gasteiger partial charge < -0.3 is 10.6 Å². The largest absolute Gasteiger partial charge is 0.345 e. The van der Waals surface area contributed by atoms with Gasteiger partial charge in [-0.3, -0.25) is 14.5 Å². The fourth-order valence-electron chi connectivity index (χ4n) is 4.37. The number of likely N-dealkylation sites (tertiary alicyclic amines) is 1. The van der Waals surface area contributed by atoms with Gasteiger partial charge in [0, 0.05) is 17.5 Å². The third kappa shape index (κ3) is 6.25. The van der Waals surface area contributed by atoms with Crippen molar-refractivity contribution in [2.75, 3.05) is 18.4 Å². The van der Waals surface area contributed by atoms with E-state index in [0.717, 1.165) is 43.1 Å². The molecule has 1 heterocycles. The van der Waals surface area contributed by atoms with Crippen LogP contribution in [0.5, 0.6) is 0 Å². The monoisotopic (exact) mass is 475 g/mol. The molecule has 3 aromatic rings. The van der Waals surface area contributed by atoms with E-state index in [1.165, 1.54) is 5.56 Å². The summed E-state index contributed by atoms with van der Waals surface area (Å²) >= 11 is 6.10. The summed E-state index contributed by atoms with van der Waals surface area (Å²) in [6, 6.07) is 24.8. The number of nitrogens with one attached hydrogen (secondary N) is 2. The molecule has 6 heteroatoms. The summed E-state index contributed by atoms with van der Waals surface area (Å²) in [6.07, 6.45) is 1.57. The highest BCUT2D eigenvalue weighted by atomic mass is 35.5. The number of hydrogen-bond donors (Lipinski definition) is 2. The van der Waals surface area contributed by atoms with Gasteiger partial charge in [-0.1, -0.05) is 66.2 Å². The van der Waals surface area contributed by atoms with Crippen LogP contribution in [0.25, 0.3) is 0 Å². The van der Waals surface area contributed by atoms with E-state index in [1.807, 2.05) is 67.6 Å². The summed E-state index contributed by atoms with van der Waals surface area (Å²) in [5.41, 5.74) is 3.23. The van der Waals surface area contributed by atoms with Crippen LogP contribution in [-0.2, 0) is 11.3 Å². The van der Waals surface area contributed by atoms with Crippen molar-refractivity contribution in [1.82, 2.24) is 10.2 Å². The maximum atomic E-state index is 13.0. The van der Waals surface area contributed by atoms with E-state index in [2.05, 4.69) is 21.6 Å². The molecule has 0 spiro atoms. The van der Waals surface area contributed by atoms with Crippen molar-refractivity contribution in [3.05, 3.63) is 101 Å². The molecule has 3 aromatic carbocycles. The maximum Gasteiger partial charge on any atom is 0.253 e. The van der Waals surface area contributed by atoms with Crippen molar-refractivity contribution in [2.24, 2.45) is 5.92 Å². The molecule has 0 aromatic heterocycles. The Kier molecular flexibility index (Phi) is 7.99. The molecule has 1 saturated heterocycles. The lowest BCUT2D eigenvalue weighted by Crippen LogP contribution is -2.38. The Balaban J connectivity index is 1.33. The van der Waals surface area contributed by atoms with E-state index in [0.29, 0.717) is 11.3 Å². The van der Waals surface area contributed by atoms with Crippen molar-refractivity contribution in [3.63, 3.8) is 0 Å². The second-order valence-corrected chi connectivity index (χ2v) is 9.26. The highest BCUT2D eigenvalue weighted by Gasteiger charge is 2.26. The number of benzene rings is 3. The Morgan fingerprint density at radius 1 is 0.971 bits per heavy atom. The van der Waals surface area contributed by atoms with Crippen LogP contribution in [0.3, 0.4) is 0 Å². The minimum atomic E-state index is -0.205. The number of hydrogen-bond acceptors (Lipinski definition) is 3. The van der Waals surface area contributed by atoms with Gasteiger partial charge in [-0.25, -0.2) is 0 Å². The second kappa shape index (κ2) is 11.3. The van der Waals surface area contributed by atoms with Gasteiger partial charge in [0.05, 0.1) is 17.3 Å². The molecule has 1 fully saturated rings. The molecule has 34 heavy (non-hydrogen) atoms. The summed E-state index contributed by atoms with van der Waals surface area (Å²) < 4.78 is 0. The summed E-state index contributed by atoms with van der Waals surface area (Å²) in [7, 11) is 0. The smallest absolute Gasteiger partial charge is 0.253 e. The summed E-state index contributed by atoms with van der Waals surface area (Å²) in [6.45, 7) is 4.48. The first-order chi connectivity index (χ1) is 16.5. The molecule has 176 valence electrons. The zero-order chi connectivity index (χ0) is 23.9. The first-order valence-corrected chi connectivity index (χ1v) is 12.1. The highest BCUT2D eigenvalue weighted by molar-refractivity contribution is 6.30. The molecule has 0 saturated carbocycles. The van der Waals surface area contributed by atoms with E-state index in [1.54, 1.807) is 12.1 Å². The number of anilines is 1. The SMILES string of the molecule is C[C@H](NC(=O)c1ccccc1NC(=O)C1CCN(Cc2cccc(Cl)c2)CC1)c1ccccc1. The molecule has 0 aliphatic carbocycles. The molecule has 0 bridgehead atoms. The van der Waals surface area contributed by atoms with Gasteiger partial charge in [-0.2, -0.15) is 0 Å². The van der Waals surface area contributed by atoms with Gasteiger partial charge in [0.25, 0.3) is 5.91 Å². The summed E-state index contributed by atoms with van der Waals surface area (Å²) in [5, 5.41) is 6.79. The number of para-hydroxylation sites is 1. The minimum absolute atomic E-state index is 0.0289. The molecule has 4 rings (SSSR count). The van der Waals surface area contributed by atoms with Crippen molar-refractivity contribution in [1.29, 1.82) is 0 Å². The fraction of sp³-hybridized carbons (Fsp3) is 0.286. The third-order valence-corrected chi connectivity index (χ3v) is 6.57. The molecule has 1 aliphatic rings. The normalized spacial score (nSPS) is 15.5. The van der Waals surface area contributed by atoms with Crippen LogP contribution in [0.15, 0.2) is 78.9 Å². The molecule has 1 aliphatic heterocycles. The van der Waals surface area contributed by atoms with E-state index < -0.39 is 0 Å². The summed E-state index contributed by atoms with van der Waals surface area (Å²) in [5.74, 6) is -0.308. The van der Waals surface area contributed by atoms with Crippen molar-refractivity contribution in [3.8, 4) is 0 Å². The van der Waals surface area contributed by atoms with Crippen molar-refractivity contribution < 1.29 is 9.59 Å². The lowest BCUT2D eigenvalue weighted by atomic mass is 9.95. The number of carbonyl (C=O) groups is 2. The van der Waals surface area contributed by atoms with Gasteiger partial charge in [-0.05, 0) is 68.2 Å². The second-order valence-electron chi connectivity index (χ2n) is 8.82. The first-order valence-electron chi connectivity index (χ1n) is 11.7. The van der Waals surface area contributed by atoms with Gasteiger partial charge in [0.1, 0.15) is 0 Å². The van der Waals surface area contributed by atoms with Gasteiger partial charge in [-0.15, -0.1) is 0 Å². The Morgan fingerprint density at radius 3 is 2.41 bits per heavy atom. The van der Waals surface area contributed by atoms with Crippen LogP contribution in [0.1, 0.15) is 47.3 Å². The molecule has 5 nitrogen and oxygen atoms in total. The lowest BCUT2D eigenvalue weighted by molar-refractivity contribution is -0.121. The molecular weight excluding hydrogens is 446 g/mol. The molecular formula is C28H30ClN3O2. The van der Waals surface area contributed by atoms with Crippen LogP contribution in [0.2, 0.25) is 5.02 Å². The quantitative estimate of drug-likeness (QED) is 0.462. The number of rotatable bonds is 7. The Bertz CT molecular complexity index is 1130. The predicted molar refractivity (Wildman–Crippen MR) is 137 cm³/mol. The van der Waals surface area contributed by atoms with Crippen LogP contribution in [-0.4, -0.2) is 29.8 Å². The number of carbonyl (C=O) groups excluding carboxylic acids is 2. The Hall–Kier alpha value is -3.15. The van der Waals surface area contributed by atoms with Gasteiger partial charge >= 0.3 is 0 Å².